The van der Waals surface area contributed by atoms with Crippen LogP contribution >= 0.6 is 23.1 Å². The molecule has 0 amide bonds. The van der Waals surface area contributed by atoms with E-state index in [4.69, 9.17) is 21.1 Å². The minimum absolute atomic E-state index is 0.0223. The van der Waals surface area contributed by atoms with Gasteiger partial charge in [0.2, 0.25) is 0 Å². The van der Waals surface area contributed by atoms with Crippen LogP contribution in [0.4, 0.5) is 5.69 Å². The van der Waals surface area contributed by atoms with E-state index in [2.05, 4.69) is 4.72 Å². The lowest BCUT2D eigenvalue weighted by molar-refractivity contribution is 0.172. The van der Waals surface area contributed by atoms with E-state index in [0.29, 0.717) is 34.9 Å². The second-order valence-electron chi connectivity index (χ2n) is 5.64. The number of ether oxygens (including phenoxy) is 2. The van der Waals surface area contributed by atoms with Crippen LogP contribution in [0.3, 0.4) is 0 Å². The highest BCUT2D eigenvalue weighted by atomic mass is 35.5. The number of benzene rings is 2. The number of hydrogen-bond donors (Lipinski definition) is 1. The van der Waals surface area contributed by atoms with Crippen molar-refractivity contribution in [3.63, 3.8) is 0 Å². The maximum absolute atomic E-state index is 12.8. The molecule has 3 aromatic rings. The van der Waals surface area contributed by atoms with Crippen LogP contribution in [-0.4, -0.2) is 25.6 Å². The van der Waals surface area contributed by atoms with Crippen LogP contribution in [0.25, 0.3) is 10.9 Å². The first-order valence-electron chi connectivity index (χ1n) is 7.57. The van der Waals surface area contributed by atoms with Crippen LogP contribution in [0.15, 0.2) is 40.0 Å². The summed E-state index contributed by atoms with van der Waals surface area (Å²) in [4.78, 5) is 12.0. The Hall–Kier alpha value is -2.23. The number of rotatable bonds is 3. The summed E-state index contributed by atoms with van der Waals surface area (Å²) in [7, 11) is -2.20. The van der Waals surface area contributed by atoms with E-state index in [1.54, 1.807) is 23.1 Å². The van der Waals surface area contributed by atoms with Gasteiger partial charge < -0.3 is 9.47 Å². The number of anilines is 1. The van der Waals surface area contributed by atoms with Crippen LogP contribution in [0.5, 0.6) is 11.5 Å². The summed E-state index contributed by atoms with van der Waals surface area (Å²) in [6.45, 7) is 0.665. The van der Waals surface area contributed by atoms with E-state index in [9.17, 15) is 13.2 Å². The number of aryl methyl sites for hydroxylation is 1. The van der Waals surface area contributed by atoms with E-state index in [1.165, 1.54) is 18.2 Å². The minimum atomic E-state index is -3.95. The highest BCUT2D eigenvalue weighted by molar-refractivity contribution is 7.92. The summed E-state index contributed by atoms with van der Waals surface area (Å²) in [6.07, 6.45) is 0. The van der Waals surface area contributed by atoms with Gasteiger partial charge in [0.15, 0.2) is 11.5 Å². The number of aromatic nitrogens is 1. The first-order valence-corrected chi connectivity index (χ1v) is 10.2. The van der Waals surface area contributed by atoms with E-state index < -0.39 is 10.0 Å². The topological polar surface area (TPSA) is 86.6 Å². The first kappa shape index (κ1) is 17.2. The fourth-order valence-electron chi connectivity index (χ4n) is 2.74. The molecule has 0 saturated heterocycles. The Balaban J connectivity index is 1.78. The Morgan fingerprint density at radius 1 is 1.19 bits per heavy atom. The first-order chi connectivity index (χ1) is 12.3. The lowest BCUT2D eigenvalue weighted by Crippen LogP contribution is -2.19. The zero-order chi connectivity index (χ0) is 18.5. The fourth-order valence-corrected chi connectivity index (χ4v) is 4.80. The molecule has 10 heteroatoms. The summed E-state index contributed by atoms with van der Waals surface area (Å²) in [5, 5.41) is 0.669. The van der Waals surface area contributed by atoms with Crippen LogP contribution in [0.1, 0.15) is 0 Å². The van der Waals surface area contributed by atoms with Crippen molar-refractivity contribution in [1.29, 1.82) is 0 Å². The molecular weight excluding hydrogens is 400 g/mol. The van der Waals surface area contributed by atoms with Crippen molar-refractivity contribution < 1.29 is 17.9 Å². The predicted molar refractivity (Wildman–Crippen MR) is 100 cm³/mol. The second-order valence-corrected chi connectivity index (χ2v) is 8.86. The molecule has 1 aliphatic rings. The zero-order valence-corrected chi connectivity index (χ0v) is 15.9. The summed E-state index contributed by atoms with van der Waals surface area (Å²) < 4.78 is 40.6. The van der Waals surface area contributed by atoms with Crippen molar-refractivity contribution in [2.45, 2.75) is 4.90 Å². The number of nitrogens with one attached hydrogen (secondary N) is 1. The molecule has 0 bridgehead atoms. The molecule has 0 fully saturated rings. The Morgan fingerprint density at radius 2 is 1.96 bits per heavy atom. The fraction of sp³-hybridized carbons (Fsp3) is 0.188. The third-order valence-corrected chi connectivity index (χ3v) is 6.35. The Bertz CT molecular complexity index is 1180. The average molecular weight is 413 g/mol. The zero-order valence-electron chi connectivity index (χ0n) is 13.5. The maximum atomic E-state index is 12.8. The third kappa shape index (κ3) is 2.91. The summed E-state index contributed by atoms with van der Waals surface area (Å²) in [5.74, 6) is 0.667. The number of sulfonamides is 1. The van der Waals surface area contributed by atoms with Gasteiger partial charge in [0.05, 0.1) is 21.5 Å². The standard InChI is InChI=1S/C16H13ClN2O5S2/c1-19-13-3-2-10(8-11(13)16(20)25-19)26(21,22)18-12-6-9(17)7-14-15(12)24-5-4-23-14/h2-3,6-8,18H,4-5H2,1H3. The molecule has 0 spiro atoms. The van der Waals surface area contributed by atoms with E-state index in [0.717, 1.165) is 11.5 Å². The largest absolute Gasteiger partial charge is 0.486 e. The molecule has 2 aromatic carbocycles. The van der Waals surface area contributed by atoms with Gasteiger partial charge >= 0.3 is 0 Å². The van der Waals surface area contributed by atoms with E-state index >= 15 is 0 Å². The van der Waals surface area contributed by atoms with Crippen LogP contribution in [0, 0.1) is 0 Å². The molecular formula is C16H13ClN2O5S2. The van der Waals surface area contributed by atoms with Crippen molar-refractivity contribution in [3.8, 4) is 11.5 Å². The number of halogens is 1. The number of hydrogen-bond acceptors (Lipinski definition) is 6. The Morgan fingerprint density at radius 3 is 2.77 bits per heavy atom. The average Bonchev–Trinajstić information content (AvgIpc) is 2.88. The van der Waals surface area contributed by atoms with Gasteiger partial charge in [-0.3, -0.25) is 13.5 Å². The quantitative estimate of drug-likeness (QED) is 0.714. The monoisotopic (exact) mass is 412 g/mol. The SMILES string of the molecule is Cn1sc(=O)c2cc(S(=O)(=O)Nc3cc(Cl)cc4c3OCCO4)ccc21. The van der Waals surface area contributed by atoms with Crippen molar-refractivity contribution >= 4 is 49.7 Å². The van der Waals surface area contributed by atoms with E-state index in [1.807, 2.05) is 0 Å². The molecule has 0 unspecified atom stereocenters. The lowest BCUT2D eigenvalue weighted by atomic mass is 10.2. The maximum Gasteiger partial charge on any atom is 0.262 e. The Kier molecular flexibility index (Phi) is 4.09. The molecule has 2 heterocycles. The smallest absolute Gasteiger partial charge is 0.262 e. The van der Waals surface area contributed by atoms with Gasteiger partial charge in [-0.05, 0) is 35.8 Å². The van der Waals surface area contributed by atoms with Crippen molar-refractivity contribution in [1.82, 2.24) is 3.96 Å². The van der Waals surface area contributed by atoms with E-state index in [-0.39, 0.29) is 21.1 Å². The van der Waals surface area contributed by atoms with Crippen LogP contribution < -0.4 is 18.9 Å². The molecule has 1 aromatic heterocycles. The predicted octanol–water partition coefficient (Wildman–Crippen LogP) is 2.83. The van der Waals surface area contributed by atoms with Gasteiger partial charge in [0.25, 0.3) is 14.8 Å². The van der Waals surface area contributed by atoms with Gasteiger partial charge in [0, 0.05) is 18.1 Å². The van der Waals surface area contributed by atoms with Crippen molar-refractivity contribution in [2.75, 3.05) is 17.9 Å². The molecule has 1 aliphatic heterocycles. The lowest BCUT2D eigenvalue weighted by Gasteiger charge is -2.22. The molecule has 4 rings (SSSR count). The highest BCUT2D eigenvalue weighted by Crippen LogP contribution is 2.41. The Labute approximate surface area is 157 Å². The highest BCUT2D eigenvalue weighted by Gasteiger charge is 2.23. The van der Waals surface area contributed by atoms with Crippen molar-refractivity contribution in [3.05, 3.63) is 44.9 Å². The molecule has 0 atom stereocenters. The molecule has 0 radical (unpaired) electrons. The number of fused-ring (bicyclic) bond motifs is 2. The van der Waals surface area contributed by atoms with Gasteiger partial charge in [-0.1, -0.05) is 11.6 Å². The van der Waals surface area contributed by atoms with Crippen LogP contribution in [0.2, 0.25) is 5.02 Å². The molecule has 136 valence electrons. The molecule has 0 saturated carbocycles. The van der Waals surface area contributed by atoms with Gasteiger partial charge in [-0.25, -0.2) is 8.42 Å². The summed E-state index contributed by atoms with van der Waals surface area (Å²) >= 11 is 7.06. The summed E-state index contributed by atoms with van der Waals surface area (Å²) in [5.41, 5.74) is 0.862. The normalized spacial score (nSPS) is 13.8. The minimum Gasteiger partial charge on any atom is -0.486 e. The summed E-state index contributed by atoms with van der Waals surface area (Å²) in [6, 6.07) is 7.44. The molecule has 7 nitrogen and oxygen atoms in total. The second kappa shape index (κ2) is 6.19. The van der Waals surface area contributed by atoms with Crippen molar-refractivity contribution in [2.24, 2.45) is 7.05 Å². The van der Waals surface area contributed by atoms with Crippen LogP contribution in [-0.2, 0) is 17.1 Å². The third-order valence-electron chi connectivity index (χ3n) is 3.91. The number of nitrogens with zero attached hydrogens (tertiary/aromatic N) is 1. The molecule has 0 aliphatic carbocycles. The van der Waals surface area contributed by atoms with Gasteiger partial charge in [-0.2, -0.15) is 0 Å². The van der Waals surface area contributed by atoms with Gasteiger partial charge in [-0.15, -0.1) is 0 Å². The molecule has 26 heavy (non-hydrogen) atoms. The molecule has 1 N–H and O–H groups in total. The van der Waals surface area contributed by atoms with Gasteiger partial charge in [0.1, 0.15) is 13.2 Å².